The van der Waals surface area contributed by atoms with Crippen molar-refractivity contribution in [2.75, 3.05) is 13.1 Å². The summed E-state index contributed by atoms with van der Waals surface area (Å²) in [5.41, 5.74) is 5.27. The molecule has 0 atom stereocenters. The van der Waals surface area contributed by atoms with Crippen molar-refractivity contribution in [3.8, 4) is 16.9 Å². The number of benzene rings is 2. The summed E-state index contributed by atoms with van der Waals surface area (Å²) < 4.78 is 1.79. The van der Waals surface area contributed by atoms with Gasteiger partial charge in [0.1, 0.15) is 5.69 Å². The summed E-state index contributed by atoms with van der Waals surface area (Å²) in [6, 6.07) is 15.7. The molecule has 3 aromatic rings. The van der Waals surface area contributed by atoms with Gasteiger partial charge in [0.25, 0.3) is 5.91 Å². The van der Waals surface area contributed by atoms with E-state index < -0.39 is 0 Å². The number of halogens is 1. The highest BCUT2D eigenvalue weighted by atomic mass is 35.5. The van der Waals surface area contributed by atoms with Gasteiger partial charge in [0.2, 0.25) is 0 Å². The summed E-state index contributed by atoms with van der Waals surface area (Å²) >= 11 is 6.41. The van der Waals surface area contributed by atoms with E-state index >= 15 is 0 Å². The van der Waals surface area contributed by atoms with E-state index in [0.29, 0.717) is 16.4 Å². The van der Waals surface area contributed by atoms with E-state index in [-0.39, 0.29) is 5.91 Å². The first-order chi connectivity index (χ1) is 13.5. The molecular formula is C23H24ClN3O. The van der Waals surface area contributed by atoms with Gasteiger partial charge < -0.3 is 4.90 Å². The van der Waals surface area contributed by atoms with Crippen LogP contribution in [0, 0.1) is 13.8 Å². The predicted octanol–water partition coefficient (Wildman–Crippen LogP) is 5.44. The van der Waals surface area contributed by atoms with Crippen LogP contribution in [0.4, 0.5) is 0 Å². The van der Waals surface area contributed by atoms with Crippen LogP contribution in [-0.4, -0.2) is 33.7 Å². The highest BCUT2D eigenvalue weighted by Gasteiger charge is 2.25. The molecule has 1 aliphatic heterocycles. The third-order valence-electron chi connectivity index (χ3n) is 5.31. The quantitative estimate of drug-likeness (QED) is 0.594. The third-order valence-corrected chi connectivity index (χ3v) is 5.64. The molecule has 1 saturated heterocycles. The molecule has 4 nitrogen and oxygen atoms in total. The van der Waals surface area contributed by atoms with Gasteiger partial charge in [0, 0.05) is 18.7 Å². The zero-order valence-corrected chi connectivity index (χ0v) is 17.0. The van der Waals surface area contributed by atoms with Crippen molar-refractivity contribution >= 4 is 17.5 Å². The number of piperidine rings is 1. The number of nitrogens with zero attached hydrogens (tertiary/aromatic N) is 3. The van der Waals surface area contributed by atoms with E-state index in [1.54, 1.807) is 4.68 Å². The second kappa shape index (κ2) is 7.80. The maximum Gasteiger partial charge on any atom is 0.272 e. The van der Waals surface area contributed by atoms with Gasteiger partial charge in [-0.1, -0.05) is 41.9 Å². The number of carbonyl (C=O) groups is 1. The summed E-state index contributed by atoms with van der Waals surface area (Å²) in [5.74, 6) is 0.0337. The second-order valence-electron chi connectivity index (χ2n) is 7.45. The fourth-order valence-electron chi connectivity index (χ4n) is 3.72. The number of amides is 1. The van der Waals surface area contributed by atoms with Crippen LogP contribution in [0.1, 0.15) is 40.9 Å². The highest BCUT2D eigenvalue weighted by molar-refractivity contribution is 6.33. The van der Waals surface area contributed by atoms with Gasteiger partial charge >= 0.3 is 0 Å². The number of carbonyl (C=O) groups excluding carboxylic acids is 1. The van der Waals surface area contributed by atoms with Crippen LogP contribution in [0.3, 0.4) is 0 Å². The SMILES string of the molecule is Cc1ccc(C)c(-n2nc(-c3ccccc3Cl)cc2C(=O)N2CCCCC2)c1. The minimum absolute atomic E-state index is 0.0337. The van der Waals surface area contributed by atoms with Crippen LogP contribution in [-0.2, 0) is 0 Å². The Hall–Kier alpha value is -2.59. The Morgan fingerprint density at radius 1 is 1.00 bits per heavy atom. The van der Waals surface area contributed by atoms with Crippen molar-refractivity contribution in [2.45, 2.75) is 33.1 Å². The molecule has 0 bridgehead atoms. The standard InChI is InChI=1S/C23H24ClN3O/c1-16-10-11-17(2)21(14-16)27-22(23(28)26-12-6-3-7-13-26)15-20(25-27)18-8-4-5-9-19(18)24/h4-5,8-11,14-15H,3,6-7,12-13H2,1-2H3. The first-order valence-electron chi connectivity index (χ1n) is 9.76. The van der Waals surface area contributed by atoms with Gasteiger partial charge in [-0.3, -0.25) is 4.79 Å². The number of aryl methyl sites for hydroxylation is 2. The van der Waals surface area contributed by atoms with Crippen molar-refractivity contribution in [3.05, 3.63) is 70.4 Å². The number of aromatic nitrogens is 2. The predicted molar refractivity (Wildman–Crippen MR) is 113 cm³/mol. The van der Waals surface area contributed by atoms with E-state index in [2.05, 4.69) is 18.2 Å². The molecule has 144 valence electrons. The van der Waals surface area contributed by atoms with Crippen LogP contribution < -0.4 is 0 Å². The molecular weight excluding hydrogens is 370 g/mol. The van der Waals surface area contributed by atoms with Crippen LogP contribution in [0.2, 0.25) is 5.02 Å². The molecule has 0 radical (unpaired) electrons. The number of likely N-dealkylation sites (tertiary alicyclic amines) is 1. The molecule has 5 heteroatoms. The molecule has 2 aromatic carbocycles. The molecule has 0 N–H and O–H groups in total. The Bertz CT molecular complexity index is 1020. The van der Waals surface area contributed by atoms with Crippen molar-refractivity contribution in [1.82, 2.24) is 14.7 Å². The molecule has 28 heavy (non-hydrogen) atoms. The second-order valence-corrected chi connectivity index (χ2v) is 7.86. The summed E-state index contributed by atoms with van der Waals surface area (Å²) in [7, 11) is 0. The molecule has 4 rings (SSSR count). The van der Waals surface area contributed by atoms with E-state index in [4.69, 9.17) is 16.7 Å². The summed E-state index contributed by atoms with van der Waals surface area (Å²) in [6.45, 7) is 5.70. The van der Waals surface area contributed by atoms with Crippen LogP contribution in [0.25, 0.3) is 16.9 Å². The fraction of sp³-hybridized carbons (Fsp3) is 0.304. The lowest BCUT2D eigenvalue weighted by Crippen LogP contribution is -2.36. The van der Waals surface area contributed by atoms with Crippen molar-refractivity contribution in [3.63, 3.8) is 0 Å². The molecule has 0 aliphatic carbocycles. The molecule has 1 fully saturated rings. The Morgan fingerprint density at radius 2 is 1.75 bits per heavy atom. The summed E-state index contributed by atoms with van der Waals surface area (Å²) in [6.07, 6.45) is 3.30. The average Bonchev–Trinajstić information content (AvgIpc) is 3.15. The number of hydrogen-bond acceptors (Lipinski definition) is 2. The Morgan fingerprint density at radius 3 is 2.50 bits per heavy atom. The van der Waals surface area contributed by atoms with Crippen LogP contribution in [0.5, 0.6) is 0 Å². The first-order valence-corrected chi connectivity index (χ1v) is 10.1. The number of hydrogen-bond donors (Lipinski definition) is 0. The number of rotatable bonds is 3. The van der Waals surface area contributed by atoms with Crippen molar-refractivity contribution < 1.29 is 4.79 Å². The average molecular weight is 394 g/mol. The van der Waals surface area contributed by atoms with Crippen LogP contribution in [0.15, 0.2) is 48.5 Å². The van der Waals surface area contributed by atoms with Crippen LogP contribution >= 0.6 is 11.6 Å². The molecule has 1 aliphatic rings. The maximum atomic E-state index is 13.4. The van der Waals surface area contributed by atoms with E-state index in [1.807, 2.05) is 49.1 Å². The molecule has 0 saturated carbocycles. The van der Waals surface area contributed by atoms with Gasteiger partial charge in [-0.05, 0) is 62.4 Å². The zero-order valence-electron chi connectivity index (χ0n) is 16.3. The molecule has 1 amide bonds. The van der Waals surface area contributed by atoms with Gasteiger partial charge in [0.15, 0.2) is 0 Å². The molecule has 0 unspecified atom stereocenters. The summed E-state index contributed by atoms with van der Waals surface area (Å²) in [5, 5.41) is 5.44. The van der Waals surface area contributed by atoms with Crippen molar-refractivity contribution in [2.24, 2.45) is 0 Å². The molecule has 2 heterocycles. The normalized spacial score (nSPS) is 14.3. The Kier molecular flexibility index (Phi) is 5.23. The molecule has 1 aromatic heterocycles. The lowest BCUT2D eigenvalue weighted by molar-refractivity contribution is 0.0715. The summed E-state index contributed by atoms with van der Waals surface area (Å²) in [4.78, 5) is 15.3. The van der Waals surface area contributed by atoms with Gasteiger partial charge in [-0.15, -0.1) is 0 Å². The van der Waals surface area contributed by atoms with Gasteiger partial charge in [-0.25, -0.2) is 4.68 Å². The zero-order chi connectivity index (χ0) is 19.7. The molecule has 0 spiro atoms. The Labute approximate surface area is 170 Å². The topological polar surface area (TPSA) is 38.1 Å². The van der Waals surface area contributed by atoms with Gasteiger partial charge in [-0.2, -0.15) is 5.10 Å². The largest absolute Gasteiger partial charge is 0.337 e. The lowest BCUT2D eigenvalue weighted by atomic mass is 10.1. The smallest absolute Gasteiger partial charge is 0.272 e. The van der Waals surface area contributed by atoms with Crippen molar-refractivity contribution in [1.29, 1.82) is 0 Å². The first kappa shape index (κ1) is 18.8. The minimum Gasteiger partial charge on any atom is -0.337 e. The van der Waals surface area contributed by atoms with Gasteiger partial charge in [0.05, 0.1) is 16.4 Å². The highest BCUT2D eigenvalue weighted by Crippen LogP contribution is 2.30. The lowest BCUT2D eigenvalue weighted by Gasteiger charge is -2.26. The van der Waals surface area contributed by atoms with E-state index in [9.17, 15) is 4.79 Å². The maximum absolute atomic E-state index is 13.4. The van der Waals surface area contributed by atoms with E-state index in [0.717, 1.165) is 48.3 Å². The van der Waals surface area contributed by atoms with E-state index in [1.165, 1.54) is 6.42 Å². The minimum atomic E-state index is 0.0337. The Balaban J connectivity index is 1.86. The monoisotopic (exact) mass is 393 g/mol. The fourth-order valence-corrected chi connectivity index (χ4v) is 3.96. The third kappa shape index (κ3) is 3.57.